The number of rotatable bonds is 3. The Morgan fingerprint density at radius 2 is 1.95 bits per heavy atom. The van der Waals surface area contributed by atoms with Gasteiger partial charge in [0.2, 0.25) is 5.91 Å². The summed E-state index contributed by atoms with van der Waals surface area (Å²) in [5, 5.41) is 29.4. The highest BCUT2D eigenvalue weighted by Crippen LogP contribution is 2.28. The molecule has 1 saturated heterocycles. The van der Waals surface area contributed by atoms with Crippen LogP contribution in [0.3, 0.4) is 0 Å². The molecule has 1 amide bonds. The van der Waals surface area contributed by atoms with Crippen LogP contribution in [0.25, 0.3) is 0 Å². The molecule has 0 aromatic heterocycles. The molecule has 6 nitrogen and oxygen atoms in total. The molecule has 1 N–H and O–H groups in total. The largest absolute Gasteiger partial charge is 0.345 e. The van der Waals surface area contributed by atoms with Crippen LogP contribution in [-0.2, 0) is 4.79 Å². The van der Waals surface area contributed by atoms with Crippen LogP contribution in [0.1, 0.15) is 18.4 Å². The monoisotopic (exact) mass is 291 g/mol. The molecule has 1 fully saturated rings. The van der Waals surface area contributed by atoms with E-state index in [2.05, 4.69) is 5.32 Å². The van der Waals surface area contributed by atoms with Gasteiger partial charge in [-0.2, -0.15) is 15.8 Å². The highest BCUT2D eigenvalue weighted by molar-refractivity contribution is 5.96. The van der Waals surface area contributed by atoms with Crippen molar-refractivity contribution in [3.05, 3.63) is 35.0 Å². The van der Waals surface area contributed by atoms with E-state index >= 15 is 0 Å². The molecule has 1 heterocycles. The number of nitrogens with one attached hydrogen (secondary N) is 1. The van der Waals surface area contributed by atoms with Gasteiger partial charge in [-0.3, -0.25) is 4.79 Å². The molecule has 0 atom stereocenters. The van der Waals surface area contributed by atoms with Gasteiger partial charge in [-0.1, -0.05) is 0 Å². The molecular formula is C16H13N5O. The number of aryl methyl sites for hydroxylation is 1. The van der Waals surface area contributed by atoms with Crippen LogP contribution >= 0.6 is 0 Å². The maximum absolute atomic E-state index is 11.8. The van der Waals surface area contributed by atoms with Gasteiger partial charge in [0.1, 0.15) is 23.9 Å². The Hall–Kier alpha value is -3.30. The Morgan fingerprint density at radius 3 is 2.45 bits per heavy atom. The van der Waals surface area contributed by atoms with Crippen LogP contribution in [0.15, 0.2) is 29.5 Å². The second-order valence-electron chi connectivity index (χ2n) is 4.86. The topological polar surface area (TPSA) is 104 Å². The summed E-state index contributed by atoms with van der Waals surface area (Å²) in [4.78, 5) is 13.5. The van der Waals surface area contributed by atoms with E-state index in [0.717, 1.165) is 17.7 Å². The summed E-state index contributed by atoms with van der Waals surface area (Å²) in [7, 11) is 0. The smallest absolute Gasteiger partial charge is 0.227 e. The van der Waals surface area contributed by atoms with Crippen LogP contribution < -0.4 is 10.2 Å². The van der Waals surface area contributed by atoms with E-state index < -0.39 is 0 Å². The Morgan fingerprint density at radius 1 is 1.23 bits per heavy atom. The van der Waals surface area contributed by atoms with Crippen LogP contribution in [0, 0.1) is 40.9 Å². The maximum atomic E-state index is 11.8. The Labute approximate surface area is 128 Å². The summed E-state index contributed by atoms with van der Waals surface area (Å²) in [6.07, 6.45) is 1.42. The summed E-state index contributed by atoms with van der Waals surface area (Å²) in [6.45, 7) is 2.58. The molecule has 2 rings (SSSR count). The number of allylic oxidation sites excluding steroid dienone is 2. The third kappa shape index (κ3) is 2.90. The van der Waals surface area contributed by atoms with E-state index in [-0.39, 0.29) is 17.2 Å². The van der Waals surface area contributed by atoms with Gasteiger partial charge in [-0.25, -0.2) is 0 Å². The minimum Gasteiger partial charge on any atom is -0.345 e. The number of benzene rings is 1. The number of carbonyl (C=O) groups is 1. The van der Waals surface area contributed by atoms with Gasteiger partial charge < -0.3 is 10.2 Å². The summed E-state index contributed by atoms with van der Waals surface area (Å²) in [6, 6.07) is 10.5. The normalized spacial score (nSPS) is 13.0. The number of hydrogen-bond acceptors (Lipinski definition) is 5. The Bertz CT molecular complexity index is 757. The second kappa shape index (κ2) is 6.43. The van der Waals surface area contributed by atoms with E-state index in [0.29, 0.717) is 18.7 Å². The van der Waals surface area contributed by atoms with Crippen molar-refractivity contribution in [2.75, 3.05) is 16.8 Å². The van der Waals surface area contributed by atoms with E-state index in [9.17, 15) is 4.79 Å². The van der Waals surface area contributed by atoms with Gasteiger partial charge >= 0.3 is 0 Å². The fourth-order valence-electron chi connectivity index (χ4n) is 2.37. The lowest BCUT2D eigenvalue weighted by atomic mass is 10.1. The number of nitriles is 3. The quantitative estimate of drug-likeness (QED) is 0.861. The van der Waals surface area contributed by atoms with E-state index in [4.69, 9.17) is 15.8 Å². The van der Waals surface area contributed by atoms with Crippen molar-refractivity contribution in [1.29, 1.82) is 15.8 Å². The molecule has 1 aromatic rings. The minimum atomic E-state index is -0.265. The minimum absolute atomic E-state index is 0.0885. The Balaban J connectivity index is 2.30. The molecular weight excluding hydrogens is 278 g/mol. The predicted molar refractivity (Wildman–Crippen MR) is 80.3 cm³/mol. The summed E-state index contributed by atoms with van der Waals surface area (Å²) in [5.74, 6) is 0.109. The van der Waals surface area contributed by atoms with Crippen molar-refractivity contribution in [1.82, 2.24) is 0 Å². The summed E-state index contributed by atoms with van der Waals surface area (Å²) >= 11 is 0. The number of anilines is 2. The third-order valence-corrected chi connectivity index (χ3v) is 3.42. The molecule has 0 unspecified atom stereocenters. The van der Waals surface area contributed by atoms with Crippen LogP contribution in [0.5, 0.6) is 0 Å². The second-order valence-corrected chi connectivity index (χ2v) is 4.86. The number of carbonyl (C=O) groups excluding carboxylic acids is 1. The van der Waals surface area contributed by atoms with Gasteiger partial charge in [-0.05, 0) is 37.1 Å². The molecule has 108 valence electrons. The van der Waals surface area contributed by atoms with E-state index in [1.165, 1.54) is 0 Å². The van der Waals surface area contributed by atoms with Gasteiger partial charge in [-0.15, -0.1) is 0 Å². The van der Waals surface area contributed by atoms with Crippen molar-refractivity contribution in [3.8, 4) is 18.2 Å². The molecule has 6 heteroatoms. The van der Waals surface area contributed by atoms with Crippen LogP contribution in [-0.4, -0.2) is 12.5 Å². The third-order valence-electron chi connectivity index (χ3n) is 3.42. The lowest BCUT2D eigenvalue weighted by Crippen LogP contribution is -2.24. The number of nitrogens with zero attached hydrogens (tertiary/aromatic N) is 4. The lowest BCUT2D eigenvalue weighted by Gasteiger charge is -2.19. The molecule has 0 radical (unpaired) electrons. The maximum Gasteiger partial charge on any atom is 0.227 e. The highest BCUT2D eigenvalue weighted by atomic mass is 16.2. The molecule has 22 heavy (non-hydrogen) atoms. The zero-order chi connectivity index (χ0) is 16.1. The highest BCUT2D eigenvalue weighted by Gasteiger charge is 2.23. The van der Waals surface area contributed by atoms with Crippen molar-refractivity contribution < 1.29 is 4.79 Å². The first kappa shape index (κ1) is 15.1. The molecule has 1 aliphatic heterocycles. The first-order valence-electron chi connectivity index (χ1n) is 6.73. The van der Waals surface area contributed by atoms with Crippen molar-refractivity contribution in [2.24, 2.45) is 0 Å². The standard InChI is InChI=1S/C16H13N5O/c1-11-7-13(20-14(10-19)12(8-17)9-18)4-5-15(11)21-6-2-3-16(21)22/h4-5,7,20H,2-3,6H2,1H3. The zero-order valence-corrected chi connectivity index (χ0v) is 12.1. The fraction of sp³-hybridized carbons (Fsp3) is 0.250. The van der Waals surface area contributed by atoms with Gasteiger partial charge in [0.05, 0.1) is 0 Å². The average molecular weight is 291 g/mol. The number of amides is 1. The molecule has 0 aliphatic carbocycles. The number of hydrogen-bond donors (Lipinski definition) is 1. The molecule has 0 saturated carbocycles. The molecule has 1 aliphatic rings. The SMILES string of the molecule is Cc1cc(NC(C#N)=C(C#N)C#N)ccc1N1CCCC1=O. The molecule has 1 aromatic carbocycles. The van der Waals surface area contributed by atoms with Crippen molar-refractivity contribution >= 4 is 17.3 Å². The molecule has 0 spiro atoms. The summed E-state index contributed by atoms with van der Waals surface area (Å²) in [5.41, 5.74) is 1.96. The summed E-state index contributed by atoms with van der Waals surface area (Å²) < 4.78 is 0. The van der Waals surface area contributed by atoms with Crippen LogP contribution in [0.2, 0.25) is 0 Å². The predicted octanol–water partition coefficient (Wildman–Crippen LogP) is 2.36. The van der Waals surface area contributed by atoms with Crippen molar-refractivity contribution in [2.45, 2.75) is 19.8 Å². The molecule has 0 bridgehead atoms. The van der Waals surface area contributed by atoms with Gasteiger partial charge in [0, 0.05) is 24.3 Å². The fourth-order valence-corrected chi connectivity index (χ4v) is 2.37. The van der Waals surface area contributed by atoms with Gasteiger partial charge in [0.25, 0.3) is 0 Å². The first-order chi connectivity index (χ1) is 10.6. The lowest BCUT2D eigenvalue weighted by molar-refractivity contribution is -0.117. The Kier molecular flexibility index (Phi) is 4.41. The average Bonchev–Trinajstić information content (AvgIpc) is 2.93. The zero-order valence-electron chi connectivity index (χ0n) is 12.1. The van der Waals surface area contributed by atoms with Crippen molar-refractivity contribution in [3.63, 3.8) is 0 Å². The van der Waals surface area contributed by atoms with E-state index in [1.54, 1.807) is 35.2 Å². The first-order valence-corrected chi connectivity index (χ1v) is 6.73. The van der Waals surface area contributed by atoms with Crippen LogP contribution in [0.4, 0.5) is 11.4 Å². The van der Waals surface area contributed by atoms with Gasteiger partial charge in [0.15, 0.2) is 5.57 Å². The van der Waals surface area contributed by atoms with E-state index in [1.807, 2.05) is 13.0 Å².